The van der Waals surface area contributed by atoms with Gasteiger partial charge in [0.15, 0.2) is 5.96 Å². The molecule has 18 heavy (non-hydrogen) atoms. The fourth-order valence-corrected chi connectivity index (χ4v) is 1.54. The highest BCUT2D eigenvalue weighted by Crippen LogP contribution is 2.04. The van der Waals surface area contributed by atoms with Crippen LogP contribution in [0.3, 0.4) is 0 Å². The van der Waals surface area contributed by atoms with Crippen LogP contribution in [0.1, 0.15) is 51.9 Å². The Labute approximate surface area is 110 Å². The molecule has 5 heteroatoms. The van der Waals surface area contributed by atoms with Gasteiger partial charge in [0.05, 0.1) is 13.5 Å². The minimum absolute atomic E-state index is 0.244. The zero-order chi connectivity index (χ0) is 13.6. The molecule has 106 valence electrons. The molecule has 0 aliphatic heterocycles. The van der Waals surface area contributed by atoms with Gasteiger partial charge < -0.3 is 15.8 Å². The Morgan fingerprint density at radius 2 is 1.89 bits per heavy atom. The SMILES string of the molecule is CCCCCCCCN=C(N)NCCC(=O)OC. The number of guanidine groups is 1. The molecule has 0 aromatic heterocycles. The average Bonchev–Trinajstić information content (AvgIpc) is 2.37. The average molecular weight is 257 g/mol. The molecule has 0 fully saturated rings. The molecule has 0 atom stereocenters. The lowest BCUT2D eigenvalue weighted by Gasteiger charge is -2.04. The second-order valence-electron chi connectivity index (χ2n) is 4.29. The number of carbonyl (C=O) groups excluding carboxylic acids is 1. The summed E-state index contributed by atoms with van der Waals surface area (Å²) >= 11 is 0. The largest absolute Gasteiger partial charge is 0.469 e. The molecule has 0 spiro atoms. The number of unbranched alkanes of at least 4 members (excludes halogenated alkanes) is 5. The predicted molar refractivity (Wildman–Crippen MR) is 74.5 cm³/mol. The normalized spacial score (nSPS) is 11.3. The summed E-state index contributed by atoms with van der Waals surface area (Å²) in [4.78, 5) is 15.0. The molecule has 0 radical (unpaired) electrons. The molecule has 0 aliphatic rings. The van der Waals surface area contributed by atoms with Crippen molar-refractivity contribution in [1.29, 1.82) is 0 Å². The minimum atomic E-state index is -0.244. The Bertz CT molecular complexity index is 242. The summed E-state index contributed by atoms with van der Waals surface area (Å²) < 4.78 is 4.52. The van der Waals surface area contributed by atoms with E-state index in [0.29, 0.717) is 18.9 Å². The van der Waals surface area contributed by atoms with Crippen molar-refractivity contribution in [2.45, 2.75) is 51.9 Å². The van der Waals surface area contributed by atoms with Crippen LogP contribution in [0.25, 0.3) is 0 Å². The van der Waals surface area contributed by atoms with Crippen LogP contribution in [0.5, 0.6) is 0 Å². The third kappa shape index (κ3) is 11.2. The molecular weight excluding hydrogens is 230 g/mol. The standard InChI is InChI=1S/C13H27N3O2/c1-3-4-5-6-7-8-10-15-13(14)16-11-9-12(17)18-2/h3-11H2,1-2H3,(H3,14,15,16). The highest BCUT2D eigenvalue weighted by molar-refractivity contribution is 5.78. The molecule has 0 rings (SSSR count). The molecule has 0 saturated heterocycles. The summed E-state index contributed by atoms with van der Waals surface area (Å²) in [6.07, 6.45) is 7.77. The van der Waals surface area contributed by atoms with Gasteiger partial charge in [0.2, 0.25) is 0 Å². The molecule has 0 heterocycles. The second kappa shape index (κ2) is 12.2. The zero-order valence-corrected chi connectivity index (χ0v) is 11.7. The van der Waals surface area contributed by atoms with Gasteiger partial charge in [-0.15, -0.1) is 0 Å². The molecule has 0 aliphatic carbocycles. The van der Waals surface area contributed by atoms with Crippen molar-refractivity contribution in [3.8, 4) is 0 Å². The van der Waals surface area contributed by atoms with Gasteiger partial charge in [-0.3, -0.25) is 9.79 Å². The number of nitrogens with two attached hydrogens (primary N) is 1. The number of hydrogen-bond acceptors (Lipinski definition) is 3. The number of ether oxygens (including phenoxy) is 1. The summed E-state index contributed by atoms with van der Waals surface area (Å²) in [6.45, 7) is 3.44. The summed E-state index contributed by atoms with van der Waals surface area (Å²) in [6, 6.07) is 0. The molecule has 3 N–H and O–H groups in total. The van der Waals surface area contributed by atoms with Gasteiger partial charge in [-0.2, -0.15) is 0 Å². The van der Waals surface area contributed by atoms with Gasteiger partial charge in [-0.1, -0.05) is 39.0 Å². The van der Waals surface area contributed by atoms with E-state index in [9.17, 15) is 4.79 Å². The van der Waals surface area contributed by atoms with E-state index in [1.165, 1.54) is 39.2 Å². The lowest BCUT2D eigenvalue weighted by atomic mass is 10.1. The van der Waals surface area contributed by atoms with E-state index in [4.69, 9.17) is 5.73 Å². The quantitative estimate of drug-likeness (QED) is 0.271. The van der Waals surface area contributed by atoms with Crippen LogP contribution in [0.4, 0.5) is 0 Å². The fraction of sp³-hybridized carbons (Fsp3) is 0.846. The van der Waals surface area contributed by atoms with E-state index in [1.807, 2.05) is 0 Å². The first-order chi connectivity index (χ1) is 8.70. The number of esters is 1. The second-order valence-corrected chi connectivity index (χ2v) is 4.29. The number of hydrogen-bond donors (Lipinski definition) is 2. The van der Waals surface area contributed by atoms with Crippen molar-refractivity contribution < 1.29 is 9.53 Å². The number of methoxy groups -OCH3 is 1. The van der Waals surface area contributed by atoms with E-state index in [-0.39, 0.29) is 5.97 Å². The van der Waals surface area contributed by atoms with Gasteiger partial charge in [0.1, 0.15) is 0 Å². The molecule has 0 bridgehead atoms. The maximum absolute atomic E-state index is 10.8. The van der Waals surface area contributed by atoms with Crippen molar-refractivity contribution in [1.82, 2.24) is 5.32 Å². The summed E-state index contributed by atoms with van der Waals surface area (Å²) in [5.41, 5.74) is 5.65. The smallest absolute Gasteiger partial charge is 0.307 e. The summed E-state index contributed by atoms with van der Waals surface area (Å²) in [7, 11) is 1.37. The van der Waals surface area contributed by atoms with E-state index in [1.54, 1.807) is 0 Å². The molecule has 0 amide bonds. The first-order valence-corrected chi connectivity index (χ1v) is 6.81. The lowest BCUT2D eigenvalue weighted by Crippen LogP contribution is -2.33. The Kier molecular flexibility index (Phi) is 11.3. The van der Waals surface area contributed by atoms with Crippen LogP contribution in [0, 0.1) is 0 Å². The van der Waals surface area contributed by atoms with E-state index < -0.39 is 0 Å². The van der Waals surface area contributed by atoms with Crippen LogP contribution in [0.2, 0.25) is 0 Å². The lowest BCUT2D eigenvalue weighted by molar-refractivity contribution is -0.140. The first kappa shape index (κ1) is 16.7. The first-order valence-electron chi connectivity index (χ1n) is 6.81. The minimum Gasteiger partial charge on any atom is -0.469 e. The van der Waals surface area contributed by atoms with Crippen molar-refractivity contribution in [2.24, 2.45) is 10.7 Å². The molecule has 5 nitrogen and oxygen atoms in total. The van der Waals surface area contributed by atoms with Crippen LogP contribution in [-0.4, -0.2) is 32.1 Å². The van der Waals surface area contributed by atoms with Crippen LogP contribution >= 0.6 is 0 Å². The molecule has 0 saturated carbocycles. The number of aliphatic imine (C=N–C) groups is 1. The van der Waals surface area contributed by atoms with Crippen LogP contribution in [-0.2, 0) is 9.53 Å². The summed E-state index contributed by atoms with van der Waals surface area (Å²) in [5.74, 6) is 0.165. The van der Waals surface area contributed by atoms with E-state index in [2.05, 4.69) is 22.0 Å². The Morgan fingerprint density at radius 1 is 1.22 bits per heavy atom. The van der Waals surface area contributed by atoms with E-state index in [0.717, 1.165) is 13.0 Å². The third-order valence-electron chi connectivity index (χ3n) is 2.66. The van der Waals surface area contributed by atoms with Crippen molar-refractivity contribution in [3.63, 3.8) is 0 Å². The number of carbonyl (C=O) groups is 1. The van der Waals surface area contributed by atoms with Crippen molar-refractivity contribution in [3.05, 3.63) is 0 Å². The number of nitrogens with one attached hydrogen (secondary N) is 1. The maximum atomic E-state index is 10.8. The topological polar surface area (TPSA) is 76.7 Å². The van der Waals surface area contributed by atoms with Crippen molar-refractivity contribution >= 4 is 11.9 Å². The molecule has 0 aromatic carbocycles. The van der Waals surface area contributed by atoms with Crippen LogP contribution < -0.4 is 11.1 Å². The number of nitrogens with zero attached hydrogens (tertiary/aromatic N) is 1. The Morgan fingerprint density at radius 3 is 2.56 bits per heavy atom. The summed E-state index contributed by atoms with van der Waals surface area (Å²) in [5, 5.41) is 2.89. The highest BCUT2D eigenvalue weighted by Gasteiger charge is 1.99. The van der Waals surface area contributed by atoms with Gasteiger partial charge in [0.25, 0.3) is 0 Å². The van der Waals surface area contributed by atoms with Crippen molar-refractivity contribution in [2.75, 3.05) is 20.2 Å². The maximum Gasteiger partial charge on any atom is 0.307 e. The predicted octanol–water partition coefficient (Wildman–Crippen LogP) is 1.81. The van der Waals surface area contributed by atoms with Gasteiger partial charge in [-0.05, 0) is 6.42 Å². The van der Waals surface area contributed by atoms with Gasteiger partial charge in [-0.25, -0.2) is 0 Å². The monoisotopic (exact) mass is 257 g/mol. The third-order valence-corrected chi connectivity index (χ3v) is 2.66. The Balaban J connectivity index is 3.39. The molecule has 0 unspecified atom stereocenters. The van der Waals surface area contributed by atoms with Gasteiger partial charge >= 0.3 is 5.97 Å². The zero-order valence-electron chi connectivity index (χ0n) is 11.7. The molecule has 0 aromatic rings. The van der Waals surface area contributed by atoms with Gasteiger partial charge in [0, 0.05) is 13.1 Å². The van der Waals surface area contributed by atoms with E-state index >= 15 is 0 Å². The highest BCUT2D eigenvalue weighted by atomic mass is 16.5. The fourth-order valence-electron chi connectivity index (χ4n) is 1.54. The Hall–Kier alpha value is -1.26. The van der Waals surface area contributed by atoms with Crippen LogP contribution in [0.15, 0.2) is 4.99 Å². The number of rotatable bonds is 10. The molecular formula is C13H27N3O2.